The quantitative estimate of drug-likeness (QED) is 0.691. The number of aliphatic hydroxyl groups excluding tert-OH is 1. The molecule has 1 unspecified atom stereocenters. The first-order valence-electron chi connectivity index (χ1n) is 4.56. The standard InChI is InChI=1S/C9H15BrN2OS/c10-7-4-9(14-6-7)8(5-11)12-2-1-3-13/h4,6,8,12-13H,1-3,5,11H2. The predicted molar refractivity (Wildman–Crippen MR) is 63.5 cm³/mol. The number of hydrogen-bond donors (Lipinski definition) is 3. The normalized spacial score (nSPS) is 13.1. The van der Waals surface area contributed by atoms with Crippen LogP contribution >= 0.6 is 27.3 Å². The maximum Gasteiger partial charge on any atom is 0.0539 e. The fourth-order valence-electron chi connectivity index (χ4n) is 1.17. The zero-order chi connectivity index (χ0) is 10.4. The third kappa shape index (κ3) is 3.67. The molecule has 0 aliphatic carbocycles. The molecule has 4 N–H and O–H groups in total. The largest absolute Gasteiger partial charge is 0.396 e. The van der Waals surface area contributed by atoms with Crippen LogP contribution in [-0.2, 0) is 0 Å². The van der Waals surface area contributed by atoms with E-state index in [-0.39, 0.29) is 12.6 Å². The van der Waals surface area contributed by atoms with Crippen LogP contribution in [0.3, 0.4) is 0 Å². The molecule has 0 amide bonds. The van der Waals surface area contributed by atoms with Gasteiger partial charge in [-0.15, -0.1) is 11.3 Å². The van der Waals surface area contributed by atoms with E-state index in [1.807, 2.05) is 5.38 Å². The number of hydrogen-bond acceptors (Lipinski definition) is 4. The molecular formula is C9H15BrN2OS. The van der Waals surface area contributed by atoms with E-state index in [0.717, 1.165) is 17.4 Å². The van der Waals surface area contributed by atoms with Crippen molar-refractivity contribution in [3.63, 3.8) is 0 Å². The molecule has 80 valence electrons. The van der Waals surface area contributed by atoms with Gasteiger partial charge in [0.15, 0.2) is 0 Å². The van der Waals surface area contributed by atoms with Gasteiger partial charge in [0.1, 0.15) is 0 Å². The summed E-state index contributed by atoms with van der Waals surface area (Å²) in [6.07, 6.45) is 0.767. The lowest BCUT2D eigenvalue weighted by molar-refractivity contribution is 0.283. The molecule has 0 aliphatic rings. The second kappa shape index (κ2) is 6.53. The summed E-state index contributed by atoms with van der Waals surface area (Å²) in [4.78, 5) is 1.23. The van der Waals surface area contributed by atoms with Gasteiger partial charge in [-0.1, -0.05) is 0 Å². The van der Waals surface area contributed by atoms with Crippen molar-refractivity contribution in [3.05, 3.63) is 20.8 Å². The highest BCUT2D eigenvalue weighted by molar-refractivity contribution is 9.10. The zero-order valence-corrected chi connectivity index (χ0v) is 10.3. The van der Waals surface area contributed by atoms with Crippen molar-refractivity contribution in [1.82, 2.24) is 5.32 Å². The molecule has 14 heavy (non-hydrogen) atoms. The van der Waals surface area contributed by atoms with Gasteiger partial charge in [-0.05, 0) is 35.0 Å². The highest BCUT2D eigenvalue weighted by atomic mass is 79.9. The molecule has 1 aromatic rings. The summed E-state index contributed by atoms with van der Waals surface area (Å²) in [5.41, 5.74) is 5.66. The molecule has 1 rings (SSSR count). The van der Waals surface area contributed by atoms with Gasteiger partial charge in [-0.25, -0.2) is 0 Å². The number of aliphatic hydroxyl groups is 1. The molecule has 1 atom stereocenters. The van der Waals surface area contributed by atoms with Crippen LogP contribution in [-0.4, -0.2) is 24.8 Å². The molecule has 0 aromatic carbocycles. The third-order valence-corrected chi connectivity index (χ3v) is 3.70. The van der Waals surface area contributed by atoms with E-state index in [9.17, 15) is 0 Å². The Kier molecular flexibility index (Phi) is 5.66. The summed E-state index contributed by atoms with van der Waals surface area (Å²) in [7, 11) is 0. The summed E-state index contributed by atoms with van der Waals surface area (Å²) in [6.45, 7) is 1.60. The van der Waals surface area contributed by atoms with Crippen LogP contribution in [0.5, 0.6) is 0 Å². The predicted octanol–water partition coefficient (Wildman–Crippen LogP) is 1.48. The number of nitrogens with one attached hydrogen (secondary N) is 1. The Hall–Kier alpha value is 0.0600. The minimum atomic E-state index is 0.206. The molecule has 3 nitrogen and oxygen atoms in total. The number of halogens is 1. The van der Waals surface area contributed by atoms with E-state index in [2.05, 4.69) is 27.3 Å². The maximum absolute atomic E-state index is 8.65. The third-order valence-electron chi connectivity index (χ3n) is 1.89. The van der Waals surface area contributed by atoms with Crippen LogP contribution in [0, 0.1) is 0 Å². The fraction of sp³-hybridized carbons (Fsp3) is 0.556. The van der Waals surface area contributed by atoms with Crippen LogP contribution < -0.4 is 11.1 Å². The molecular weight excluding hydrogens is 264 g/mol. The maximum atomic E-state index is 8.65. The van der Waals surface area contributed by atoms with E-state index in [0.29, 0.717) is 6.54 Å². The van der Waals surface area contributed by atoms with Crippen molar-refractivity contribution < 1.29 is 5.11 Å². The van der Waals surface area contributed by atoms with Crippen molar-refractivity contribution in [2.75, 3.05) is 19.7 Å². The topological polar surface area (TPSA) is 58.3 Å². The number of thiophene rings is 1. The monoisotopic (exact) mass is 278 g/mol. The van der Waals surface area contributed by atoms with E-state index >= 15 is 0 Å². The average Bonchev–Trinajstić information content (AvgIpc) is 2.60. The van der Waals surface area contributed by atoms with Crippen LogP contribution in [0.2, 0.25) is 0 Å². The Morgan fingerprint density at radius 1 is 1.64 bits per heavy atom. The first-order valence-corrected chi connectivity index (χ1v) is 6.23. The van der Waals surface area contributed by atoms with Crippen molar-refractivity contribution in [1.29, 1.82) is 0 Å². The Bertz CT molecular complexity index is 267. The number of rotatable bonds is 6. The van der Waals surface area contributed by atoms with Gasteiger partial charge in [-0.2, -0.15) is 0 Å². The molecule has 1 heterocycles. The Morgan fingerprint density at radius 2 is 2.43 bits per heavy atom. The lowest BCUT2D eigenvalue weighted by Crippen LogP contribution is -2.28. The number of nitrogens with two attached hydrogens (primary N) is 1. The van der Waals surface area contributed by atoms with Crippen molar-refractivity contribution in [3.8, 4) is 0 Å². The SMILES string of the molecule is NCC(NCCCO)c1cc(Br)cs1. The molecule has 0 saturated heterocycles. The Labute approximate surface area is 96.4 Å². The summed E-state index contributed by atoms with van der Waals surface area (Å²) in [6, 6.07) is 2.28. The summed E-state index contributed by atoms with van der Waals surface area (Å²) < 4.78 is 1.10. The summed E-state index contributed by atoms with van der Waals surface area (Å²) in [5.74, 6) is 0. The molecule has 0 aliphatic heterocycles. The van der Waals surface area contributed by atoms with Crippen molar-refractivity contribution >= 4 is 27.3 Å². The van der Waals surface area contributed by atoms with Gasteiger partial charge in [0.05, 0.1) is 6.04 Å². The second-order valence-corrected chi connectivity index (χ2v) is 4.85. The Morgan fingerprint density at radius 3 is 2.93 bits per heavy atom. The molecule has 0 spiro atoms. The summed E-state index contributed by atoms with van der Waals surface area (Å²) >= 11 is 5.10. The average molecular weight is 279 g/mol. The van der Waals surface area contributed by atoms with E-state index in [1.165, 1.54) is 4.88 Å². The van der Waals surface area contributed by atoms with Gasteiger partial charge in [0.25, 0.3) is 0 Å². The highest BCUT2D eigenvalue weighted by Crippen LogP contribution is 2.24. The molecule has 1 aromatic heterocycles. The van der Waals surface area contributed by atoms with Gasteiger partial charge in [0.2, 0.25) is 0 Å². The molecule has 0 fully saturated rings. The fourth-order valence-corrected chi connectivity index (χ4v) is 2.70. The second-order valence-electron chi connectivity index (χ2n) is 2.99. The minimum Gasteiger partial charge on any atom is -0.396 e. The van der Waals surface area contributed by atoms with Gasteiger partial charge < -0.3 is 16.2 Å². The minimum absolute atomic E-state index is 0.206. The van der Waals surface area contributed by atoms with Crippen LogP contribution in [0.1, 0.15) is 17.3 Å². The molecule has 0 saturated carbocycles. The highest BCUT2D eigenvalue weighted by Gasteiger charge is 2.10. The first kappa shape index (κ1) is 12.1. The zero-order valence-electron chi connectivity index (χ0n) is 7.87. The smallest absolute Gasteiger partial charge is 0.0539 e. The van der Waals surface area contributed by atoms with E-state index in [4.69, 9.17) is 10.8 Å². The molecule has 5 heteroatoms. The van der Waals surface area contributed by atoms with Gasteiger partial charge in [0, 0.05) is 27.9 Å². The van der Waals surface area contributed by atoms with Gasteiger partial charge >= 0.3 is 0 Å². The lowest BCUT2D eigenvalue weighted by Gasteiger charge is -2.14. The van der Waals surface area contributed by atoms with Crippen LogP contribution in [0.25, 0.3) is 0 Å². The lowest BCUT2D eigenvalue weighted by atomic mass is 10.2. The summed E-state index contributed by atoms with van der Waals surface area (Å²) in [5, 5.41) is 14.0. The van der Waals surface area contributed by atoms with Crippen LogP contribution in [0.15, 0.2) is 15.9 Å². The molecule has 0 bridgehead atoms. The van der Waals surface area contributed by atoms with Crippen LogP contribution in [0.4, 0.5) is 0 Å². The molecule has 0 radical (unpaired) electrons. The van der Waals surface area contributed by atoms with Gasteiger partial charge in [-0.3, -0.25) is 0 Å². The Balaban J connectivity index is 2.45. The van der Waals surface area contributed by atoms with Crippen molar-refractivity contribution in [2.45, 2.75) is 12.5 Å². The van der Waals surface area contributed by atoms with Crippen molar-refractivity contribution in [2.24, 2.45) is 5.73 Å². The van der Waals surface area contributed by atoms with E-state index in [1.54, 1.807) is 11.3 Å². The first-order chi connectivity index (χ1) is 6.77. The van der Waals surface area contributed by atoms with E-state index < -0.39 is 0 Å².